The van der Waals surface area contributed by atoms with Crippen molar-refractivity contribution in [3.8, 4) is 5.75 Å². The molecule has 108 valence electrons. The number of nitrogens with one attached hydrogen (secondary N) is 1. The first kappa shape index (κ1) is 14.3. The quantitative estimate of drug-likeness (QED) is 0.798. The molecule has 3 N–H and O–H groups in total. The second kappa shape index (κ2) is 5.13. The first-order valence-corrected chi connectivity index (χ1v) is 6.44. The summed E-state index contributed by atoms with van der Waals surface area (Å²) >= 11 is 0. The van der Waals surface area contributed by atoms with E-state index in [1.54, 1.807) is 45.2 Å². The number of carbonyl (C=O) groups is 2. The number of amides is 3. The Balaban J connectivity index is 2.40. The molecule has 0 radical (unpaired) electrons. The number of nitrogens with two attached hydrogens (primary N) is 1. The molecule has 1 saturated heterocycles. The molecule has 1 fully saturated rings. The van der Waals surface area contributed by atoms with E-state index in [9.17, 15) is 9.59 Å². The van der Waals surface area contributed by atoms with Gasteiger partial charge in [-0.15, -0.1) is 0 Å². The molecule has 2 unspecified atom stereocenters. The number of hydrogen-bond acceptors (Lipinski definition) is 4. The van der Waals surface area contributed by atoms with E-state index in [2.05, 4.69) is 5.32 Å². The van der Waals surface area contributed by atoms with Gasteiger partial charge in [-0.1, -0.05) is 12.1 Å². The lowest BCUT2D eigenvalue weighted by Crippen LogP contribution is -2.45. The second-order valence-electron chi connectivity index (χ2n) is 5.05. The van der Waals surface area contributed by atoms with Crippen molar-refractivity contribution in [2.75, 3.05) is 13.7 Å². The number of rotatable bonds is 4. The van der Waals surface area contributed by atoms with Crippen LogP contribution in [0, 0.1) is 0 Å². The Hall–Kier alpha value is -2.08. The maximum absolute atomic E-state index is 12.6. The lowest BCUT2D eigenvalue weighted by atomic mass is 9.91. The van der Waals surface area contributed by atoms with Crippen LogP contribution < -0.4 is 15.8 Å². The van der Waals surface area contributed by atoms with Crippen molar-refractivity contribution >= 4 is 11.9 Å². The molecule has 0 bridgehead atoms. The fourth-order valence-electron chi connectivity index (χ4n) is 2.30. The Kier molecular flexibility index (Phi) is 3.67. The zero-order valence-corrected chi connectivity index (χ0v) is 11.8. The van der Waals surface area contributed by atoms with Crippen LogP contribution in [0.1, 0.15) is 19.4 Å². The van der Waals surface area contributed by atoms with Crippen LogP contribution in [0.15, 0.2) is 24.3 Å². The number of nitrogens with zero attached hydrogens (tertiary/aromatic N) is 1. The van der Waals surface area contributed by atoms with Crippen LogP contribution in [0.25, 0.3) is 0 Å². The fraction of sp³-hybridized carbons (Fsp3) is 0.429. The first-order valence-electron chi connectivity index (χ1n) is 6.44. The van der Waals surface area contributed by atoms with E-state index in [1.807, 2.05) is 0 Å². The van der Waals surface area contributed by atoms with Crippen molar-refractivity contribution in [3.63, 3.8) is 0 Å². The third-order valence-corrected chi connectivity index (χ3v) is 3.65. The zero-order chi connectivity index (χ0) is 14.9. The highest BCUT2D eigenvalue weighted by molar-refractivity contribution is 6.07. The van der Waals surface area contributed by atoms with Gasteiger partial charge in [-0.25, -0.2) is 4.79 Å². The van der Waals surface area contributed by atoms with Gasteiger partial charge < -0.3 is 15.8 Å². The largest absolute Gasteiger partial charge is 0.497 e. The molecule has 0 aliphatic carbocycles. The maximum atomic E-state index is 12.6. The number of benzene rings is 1. The molecule has 2 atom stereocenters. The Morgan fingerprint density at radius 3 is 2.75 bits per heavy atom. The summed E-state index contributed by atoms with van der Waals surface area (Å²) < 4.78 is 5.16. The standard InChI is InChI=1S/C14H19N3O3/c1-9(8-15)17-12(18)14(2,16-13(17)19)10-5-4-6-11(7-10)20-3/h4-7,9H,8,15H2,1-3H3,(H,16,19). The summed E-state index contributed by atoms with van der Waals surface area (Å²) in [5.74, 6) is 0.338. The minimum absolute atomic E-state index is 0.230. The smallest absolute Gasteiger partial charge is 0.325 e. The van der Waals surface area contributed by atoms with Crippen molar-refractivity contribution in [1.82, 2.24) is 10.2 Å². The molecule has 1 aromatic carbocycles. The Labute approximate surface area is 117 Å². The van der Waals surface area contributed by atoms with Crippen molar-refractivity contribution in [1.29, 1.82) is 0 Å². The van der Waals surface area contributed by atoms with Crippen molar-refractivity contribution in [2.45, 2.75) is 25.4 Å². The molecule has 2 rings (SSSR count). The Morgan fingerprint density at radius 2 is 2.15 bits per heavy atom. The van der Waals surface area contributed by atoms with E-state index in [4.69, 9.17) is 10.5 Å². The SMILES string of the molecule is COc1cccc(C2(C)NC(=O)N(C(C)CN)C2=O)c1. The van der Waals surface area contributed by atoms with Gasteiger partial charge in [0.05, 0.1) is 13.2 Å². The Morgan fingerprint density at radius 1 is 1.45 bits per heavy atom. The summed E-state index contributed by atoms with van der Waals surface area (Å²) in [5.41, 5.74) is 5.15. The number of ether oxygens (including phenoxy) is 1. The molecule has 6 heteroatoms. The molecule has 1 aromatic rings. The molecule has 1 aliphatic rings. The predicted molar refractivity (Wildman–Crippen MR) is 74.2 cm³/mol. The van der Waals surface area contributed by atoms with Crippen LogP contribution >= 0.6 is 0 Å². The number of urea groups is 1. The van der Waals surface area contributed by atoms with Gasteiger partial charge in [0.15, 0.2) is 0 Å². The zero-order valence-electron chi connectivity index (χ0n) is 11.8. The average Bonchev–Trinajstić information content (AvgIpc) is 2.69. The normalized spacial score (nSPS) is 23.7. The fourth-order valence-corrected chi connectivity index (χ4v) is 2.30. The highest BCUT2D eigenvalue weighted by Crippen LogP contribution is 2.31. The third kappa shape index (κ3) is 2.12. The second-order valence-corrected chi connectivity index (χ2v) is 5.05. The van der Waals surface area contributed by atoms with Crippen molar-refractivity contribution < 1.29 is 14.3 Å². The first-order chi connectivity index (χ1) is 9.43. The van der Waals surface area contributed by atoms with E-state index in [1.165, 1.54) is 4.90 Å². The number of imide groups is 1. The van der Waals surface area contributed by atoms with Gasteiger partial charge in [0.2, 0.25) is 0 Å². The topological polar surface area (TPSA) is 84.7 Å². The van der Waals surface area contributed by atoms with Gasteiger partial charge in [-0.3, -0.25) is 9.69 Å². The van der Waals surface area contributed by atoms with Gasteiger partial charge in [0.1, 0.15) is 11.3 Å². The van der Waals surface area contributed by atoms with Gasteiger partial charge in [-0.2, -0.15) is 0 Å². The highest BCUT2D eigenvalue weighted by atomic mass is 16.5. The van der Waals surface area contributed by atoms with Crippen LogP contribution in [0.3, 0.4) is 0 Å². The highest BCUT2D eigenvalue weighted by Gasteiger charge is 2.50. The molecule has 3 amide bonds. The summed E-state index contributed by atoms with van der Waals surface area (Å²) in [6.45, 7) is 3.66. The number of hydrogen-bond donors (Lipinski definition) is 2. The van der Waals surface area contributed by atoms with Gasteiger partial charge >= 0.3 is 6.03 Å². The molecule has 1 aliphatic heterocycles. The minimum atomic E-state index is -1.09. The molecule has 0 aromatic heterocycles. The summed E-state index contributed by atoms with van der Waals surface area (Å²) in [7, 11) is 1.55. The third-order valence-electron chi connectivity index (χ3n) is 3.65. The molecule has 20 heavy (non-hydrogen) atoms. The maximum Gasteiger partial charge on any atom is 0.325 e. The van der Waals surface area contributed by atoms with E-state index in [0.29, 0.717) is 11.3 Å². The van der Waals surface area contributed by atoms with Crippen molar-refractivity contribution in [3.05, 3.63) is 29.8 Å². The van der Waals surface area contributed by atoms with E-state index in [-0.39, 0.29) is 18.5 Å². The summed E-state index contributed by atoms with van der Waals surface area (Å²) in [6.07, 6.45) is 0. The van der Waals surface area contributed by atoms with Crippen LogP contribution in [0.5, 0.6) is 5.75 Å². The summed E-state index contributed by atoms with van der Waals surface area (Å²) in [6, 6.07) is 6.35. The molecule has 0 spiro atoms. The van der Waals surface area contributed by atoms with Gasteiger partial charge in [0, 0.05) is 6.54 Å². The molecule has 6 nitrogen and oxygen atoms in total. The average molecular weight is 277 g/mol. The lowest BCUT2D eigenvalue weighted by Gasteiger charge is -2.24. The monoisotopic (exact) mass is 277 g/mol. The lowest BCUT2D eigenvalue weighted by molar-refractivity contribution is -0.132. The van der Waals surface area contributed by atoms with E-state index < -0.39 is 11.6 Å². The van der Waals surface area contributed by atoms with Crippen LogP contribution in [-0.4, -0.2) is 36.5 Å². The number of carbonyl (C=O) groups excluding carboxylic acids is 2. The molecule has 0 saturated carbocycles. The predicted octanol–water partition coefficient (Wildman–Crippen LogP) is 0.809. The van der Waals surface area contributed by atoms with Crippen molar-refractivity contribution in [2.24, 2.45) is 5.73 Å². The van der Waals surface area contributed by atoms with Crippen LogP contribution in [0.4, 0.5) is 4.79 Å². The van der Waals surface area contributed by atoms with Gasteiger partial charge in [0.25, 0.3) is 5.91 Å². The molecular weight excluding hydrogens is 258 g/mol. The van der Waals surface area contributed by atoms with E-state index >= 15 is 0 Å². The molecule has 1 heterocycles. The van der Waals surface area contributed by atoms with Gasteiger partial charge in [-0.05, 0) is 31.5 Å². The summed E-state index contributed by atoms with van der Waals surface area (Å²) in [5, 5.41) is 2.74. The minimum Gasteiger partial charge on any atom is -0.497 e. The van der Waals surface area contributed by atoms with Crippen LogP contribution in [0.2, 0.25) is 0 Å². The van der Waals surface area contributed by atoms with Crippen LogP contribution in [-0.2, 0) is 10.3 Å². The van der Waals surface area contributed by atoms with E-state index in [0.717, 1.165) is 0 Å². The summed E-state index contributed by atoms with van der Waals surface area (Å²) in [4.78, 5) is 25.8. The number of methoxy groups -OCH3 is 1. The Bertz CT molecular complexity index is 546. The molecular formula is C14H19N3O3.